The van der Waals surface area contributed by atoms with Crippen LogP contribution in [0.2, 0.25) is 5.02 Å². The van der Waals surface area contributed by atoms with Crippen molar-refractivity contribution in [1.82, 2.24) is 24.6 Å². The number of aromatic nitrogens is 4. The second-order valence-corrected chi connectivity index (χ2v) is 6.40. The zero-order chi connectivity index (χ0) is 17.6. The van der Waals surface area contributed by atoms with E-state index in [4.69, 9.17) is 16.7 Å². The summed E-state index contributed by atoms with van der Waals surface area (Å²) in [5.74, 6) is 0. The van der Waals surface area contributed by atoms with Crippen LogP contribution < -0.4 is 4.90 Å². The molecule has 25 heavy (non-hydrogen) atoms. The van der Waals surface area contributed by atoms with Crippen LogP contribution in [0, 0.1) is 0 Å². The Hall–Kier alpha value is -2.74. The Morgan fingerprint density at radius 3 is 2.72 bits per heavy atom. The number of hydrogen-bond acceptors (Lipinski definition) is 4. The molecule has 0 atom stereocenters. The summed E-state index contributed by atoms with van der Waals surface area (Å²) >= 11 is 6.66. The van der Waals surface area contributed by atoms with Crippen molar-refractivity contribution in [3.8, 4) is 11.3 Å². The number of nitrogens with zero attached hydrogens (tertiary/aromatic N) is 5. The molecule has 0 radical (unpaired) electrons. The monoisotopic (exact) mass is 360 g/mol. The molecule has 4 heterocycles. The number of carboxylic acid groups (broad SMARTS) is 1. The van der Waals surface area contributed by atoms with Gasteiger partial charge in [0.15, 0.2) is 0 Å². The van der Waals surface area contributed by atoms with Crippen LogP contribution in [0.25, 0.3) is 22.3 Å². The van der Waals surface area contributed by atoms with Crippen molar-refractivity contribution < 1.29 is 9.90 Å². The fourth-order valence-electron chi connectivity index (χ4n) is 3.21. The number of fused-ring (bicyclic) bond motifs is 1. The van der Waals surface area contributed by atoms with Crippen molar-refractivity contribution >= 4 is 34.4 Å². The number of aromatic amines is 1. The largest absolute Gasteiger partial charge is 0.465 e. The lowest BCUT2D eigenvalue weighted by molar-refractivity contribution is 0.142. The van der Waals surface area contributed by atoms with E-state index in [0.29, 0.717) is 36.8 Å². The third-order valence-corrected chi connectivity index (χ3v) is 4.87. The molecular weight excluding hydrogens is 344 g/mol. The van der Waals surface area contributed by atoms with Gasteiger partial charge in [0, 0.05) is 51.2 Å². The van der Waals surface area contributed by atoms with Gasteiger partial charge in [0.25, 0.3) is 0 Å². The van der Waals surface area contributed by atoms with Gasteiger partial charge in [0.2, 0.25) is 0 Å². The number of H-pyrrole nitrogens is 1. The van der Waals surface area contributed by atoms with E-state index in [-0.39, 0.29) is 0 Å². The molecule has 0 aromatic carbocycles. The number of hydrogen-bond donors (Lipinski definition) is 2. The molecule has 3 aromatic rings. The molecule has 0 bridgehead atoms. The minimum Gasteiger partial charge on any atom is -0.465 e. The first-order valence-corrected chi connectivity index (χ1v) is 8.30. The highest BCUT2D eigenvalue weighted by atomic mass is 35.5. The quantitative estimate of drug-likeness (QED) is 0.732. The zero-order valence-corrected chi connectivity index (χ0v) is 14.4. The molecule has 0 spiro atoms. The first-order valence-electron chi connectivity index (χ1n) is 7.92. The number of anilines is 1. The Morgan fingerprint density at radius 1 is 1.32 bits per heavy atom. The van der Waals surface area contributed by atoms with Crippen LogP contribution in [-0.2, 0) is 7.05 Å². The lowest BCUT2D eigenvalue weighted by atomic mass is 10.2. The fraction of sp³-hybridized carbons (Fsp3) is 0.312. The van der Waals surface area contributed by atoms with Crippen LogP contribution in [0.5, 0.6) is 0 Å². The van der Waals surface area contributed by atoms with Crippen molar-refractivity contribution in [2.75, 3.05) is 31.1 Å². The predicted molar refractivity (Wildman–Crippen MR) is 95.1 cm³/mol. The van der Waals surface area contributed by atoms with Gasteiger partial charge in [0.05, 0.1) is 28.0 Å². The summed E-state index contributed by atoms with van der Waals surface area (Å²) in [5, 5.41) is 14.8. The standard InChI is InChI=1S/C16H17ClN6O2/c1-21-9-10(8-19-21)14-13(17)12-11(2-3-18-15(12)20-14)22-4-6-23(7-5-22)16(24)25/h2-3,8-9H,4-7H2,1H3,(H,18,20)(H,24,25). The molecule has 0 aliphatic carbocycles. The van der Waals surface area contributed by atoms with Crippen molar-refractivity contribution in [3.63, 3.8) is 0 Å². The van der Waals surface area contributed by atoms with Crippen molar-refractivity contribution in [3.05, 3.63) is 29.7 Å². The molecule has 1 amide bonds. The lowest BCUT2D eigenvalue weighted by Crippen LogP contribution is -2.48. The van der Waals surface area contributed by atoms with E-state index in [1.807, 2.05) is 19.3 Å². The highest BCUT2D eigenvalue weighted by Gasteiger charge is 2.24. The summed E-state index contributed by atoms with van der Waals surface area (Å²) in [6, 6.07) is 1.92. The van der Waals surface area contributed by atoms with Gasteiger partial charge in [-0.15, -0.1) is 0 Å². The molecule has 0 saturated carbocycles. The number of carbonyl (C=O) groups is 1. The van der Waals surface area contributed by atoms with Gasteiger partial charge in [-0.1, -0.05) is 11.6 Å². The lowest BCUT2D eigenvalue weighted by Gasteiger charge is -2.34. The summed E-state index contributed by atoms with van der Waals surface area (Å²) in [5.41, 5.74) is 3.36. The van der Waals surface area contributed by atoms with Crippen molar-refractivity contribution in [2.45, 2.75) is 0 Å². The molecule has 4 rings (SSSR count). The van der Waals surface area contributed by atoms with Gasteiger partial charge >= 0.3 is 6.09 Å². The normalized spacial score (nSPS) is 15.1. The third kappa shape index (κ3) is 2.68. The fourth-order valence-corrected chi connectivity index (χ4v) is 3.56. The van der Waals surface area contributed by atoms with Gasteiger partial charge in [-0.25, -0.2) is 9.78 Å². The molecule has 1 aliphatic heterocycles. The Kier molecular flexibility index (Phi) is 3.76. The minimum atomic E-state index is -0.877. The van der Waals surface area contributed by atoms with E-state index >= 15 is 0 Å². The third-order valence-electron chi connectivity index (χ3n) is 4.50. The second kappa shape index (κ2) is 5.96. The van der Waals surface area contributed by atoms with E-state index in [1.165, 1.54) is 4.90 Å². The molecule has 1 aliphatic rings. The van der Waals surface area contributed by atoms with Crippen molar-refractivity contribution in [2.24, 2.45) is 7.05 Å². The van der Waals surface area contributed by atoms with Gasteiger partial charge < -0.3 is 19.9 Å². The minimum absolute atomic E-state index is 0.469. The Balaban J connectivity index is 1.73. The summed E-state index contributed by atoms with van der Waals surface area (Å²) in [6.45, 7) is 2.18. The van der Waals surface area contributed by atoms with E-state index in [1.54, 1.807) is 17.1 Å². The number of rotatable bonds is 2. The topological polar surface area (TPSA) is 90.3 Å². The smallest absolute Gasteiger partial charge is 0.407 e. The highest BCUT2D eigenvalue weighted by molar-refractivity contribution is 6.39. The molecule has 8 nitrogen and oxygen atoms in total. The number of piperazine rings is 1. The Morgan fingerprint density at radius 2 is 2.08 bits per heavy atom. The van der Waals surface area contributed by atoms with E-state index in [2.05, 4.69) is 20.0 Å². The molecule has 2 N–H and O–H groups in total. The molecule has 3 aromatic heterocycles. The van der Waals surface area contributed by atoms with Crippen molar-refractivity contribution in [1.29, 1.82) is 0 Å². The summed E-state index contributed by atoms with van der Waals surface area (Å²) < 4.78 is 1.72. The zero-order valence-electron chi connectivity index (χ0n) is 13.6. The van der Waals surface area contributed by atoms with Crippen LogP contribution in [0.15, 0.2) is 24.7 Å². The first-order chi connectivity index (χ1) is 12.0. The maximum absolute atomic E-state index is 11.1. The average molecular weight is 361 g/mol. The Labute approximate surface area is 148 Å². The maximum Gasteiger partial charge on any atom is 0.407 e. The van der Waals surface area contributed by atoms with Crippen LogP contribution in [0.3, 0.4) is 0 Å². The van der Waals surface area contributed by atoms with E-state index in [0.717, 1.165) is 22.3 Å². The predicted octanol–water partition coefficient (Wildman–Crippen LogP) is 2.42. The van der Waals surface area contributed by atoms with Crippen LogP contribution in [0.1, 0.15) is 0 Å². The number of amides is 1. The van der Waals surface area contributed by atoms with E-state index < -0.39 is 6.09 Å². The maximum atomic E-state index is 11.1. The Bertz CT molecular complexity index is 941. The number of nitrogens with one attached hydrogen (secondary N) is 1. The second-order valence-electron chi connectivity index (χ2n) is 6.03. The molecular formula is C16H17ClN6O2. The van der Waals surface area contributed by atoms with E-state index in [9.17, 15) is 4.79 Å². The average Bonchev–Trinajstić information content (AvgIpc) is 3.18. The van der Waals surface area contributed by atoms with Gasteiger partial charge in [0.1, 0.15) is 5.65 Å². The first kappa shape index (κ1) is 15.8. The summed E-state index contributed by atoms with van der Waals surface area (Å²) in [7, 11) is 1.85. The van der Waals surface area contributed by atoms with Crippen LogP contribution >= 0.6 is 11.6 Å². The molecule has 9 heteroatoms. The number of halogens is 1. The number of pyridine rings is 1. The SMILES string of the molecule is Cn1cc(-c2[nH]c3nccc(N4CCN(C(=O)O)CC4)c3c2Cl)cn1. The van der Waals surface area contributed by atoms with Gasteiger partial charge in [-0.05, 0) is 6.07 Å². The molecule has 1 saturated heterocycles. The van der Waals surface area contributed by atoms with Gasteiger partial charge in [-0.2, -0.15) is 5.10 Å². The summed E-state index contributed by atoms with van der Waals surface area (Å²) in [6.07, 6.45) is 4.50. The molecule has 1 fully saturated rings. The highest BCUT2D eigenvalue weighted by Crippen LogP contribution is 2.38. The summed E-state index contributed by atoms with van der Waals surface area (Å²) in [4.78, 5) is 22.3. The molecule has 0 unspecified atom stereocenters. The number of aryl methyl sites for hydroxylation is 1. The molecule has 130 valence electrons. The van der Waals surface area contributed by atoms with Crippen LogP contribution in [-0.4, -0.2) is 62.0 Å². The van der Waals surface area contributed by atoms with Gasteiger partial charge in [-0.3, -0.25) is 4.68 Å². The van der Waals surface area contributed by atoms with Crippen LogP contribution in [0.4, 0.5) is 10.5 Å².